The monoisotopic (exact) mass is 461 g/mol. The number of carbonyl (C=O) groups excluding carboxylic acids is 1. The molecular formula is C25H23N3O4S. The molecule has 0 unspecified atom stereocenters. The van der Waals surface area contributed by atoms with Crippen LogP contribution in [0.3, 0.4) is 0 Å². The molecule has 0 fully saturated rings. The molecule has 0 bridgehead atoms. The van der Waals surface area contributed by atoms with Gasteiger partial charge in [0.2, 0.25) is 0 Å². The molecule has 0 saturated carbocycles. The Bertz CT molecular complexity index is 1290. The predicted octanol–water partition coefficient (Wildman–Crippen LogP) is 4.96. The van der Waals surface area contributed by atoms with E-state index >= 15 is 0 Å². The molecule has 2 aromatic carbocycles. The van der Waals surface area contributed by atoms with Crippen LogP contribution in [0.15, 0.2) is 66.9 Å². The Labute approximate surface area is 195 Å². The number of carbonyl (C=O) groups is 1. The number of aromatic nitrogens is 2. The molecule has 4 aromatic rings. The molecule has 0 N–H and O–H groups in total. The van der Waals surface area contributed by atoms with Crippen LogP contribution in [0.4, 0.5) is 5.13 Å². The van der Waals surface area contributed by atoms with Crippen molar-refractivity contribution in [3.63, 3.8) is 0 Å². The summed E-state index contributed by atoms with van der Waals surface area (Å²) in [6.07, 6.45) is 4.98. The highest BCUT2D eigenvalue weighted by atomic mass is 32.1. The summed E-state index contributed by atoms with van der Waals surface area (Å²) in [7, 11) is 4.78. The van der Waals surface area contributed by atoms with E-state index < -0.39 is 0 Å². The molecule has 0 aliphatic rings. The Hall–Kier alpha value is -3.91. The standard InChI is InChI=1S/C25H23N3O4S/c1-30-19-9-10-20-23(15-19)33-25(27-20)28(16-18-6-4-5-13-26-18)24(29)12-8-17-7-11-21(31-2)22(14-17)32-3/h4-15H,16H2,1-3H3/b12-8+. The second-order valence-corrected chi connectivity index (χ2v) is 8.03. The largest absolute Gasteiger partial charge is 0.497 e. The zero-order valence-corrected chi connectivity index (χ0v) is 19.3. The van der Waals surface area contributed by atoms with Crippen molar-refractivity contribution in [2.75, 3.05) is 26.2 Å². The third-order valence-corrected chi connectivity index (χ3v) is 5.99. The maximum absolute atomic E-state index is 13.3. The fraction of sp³-hybridized carbons (Fsp3) is 0.160. The van der Waals surface area contributed by atoms with Gasteiger partial charge in [0.1, 0.15) is 5.75 Å². The van der Waals surface area contributed by atoms with E-state index in [4.69, 9.17) is 14.2 Å². The molecule has 2 heterocycles. The van der Waals surface area contributed by atoms with Crippen LogP contribution >= 0.6 is 11.3 Å². The number of benzene rings is 2. The predicted molar refractivity (Wildman–Crippen MR) is 130 cm³/mol. The molecule has 0 spiro atoms. The highest BCUT2D eigenvalue weighted by Crippen LogP contribution is 2.32. The number of methoxy groups -OCH3 is 3. The van der Waals surface area contributed by atoms with Gasteiger partial charge in [0, 0.05) is 12.3 Å². The molecule has 0 atom stereocenters. The molecule has 33 heavy (non-hydrogen) atoms. The summed E-state index contributed by atoms with van der Waals surface area (Å²) in [5, 5.41) is 0.589. The summed E-state index contributed by atoms with van der Waals surface area (Å²) in [5.74, 6) is 1.76. The van der Waals surface area contributed by atoms with Crippen molar-refractivity contribution in [2.45, 2.75) is 6.54 Å². The van der Waals surface area contributed by atoms with Crippen molar-refractivity contribution >= 4 is 38.7 Å². The topological polar surface area (TPSA) is 73.8 Å². The van der Waals surface area contributed by atoms with Gasteiger partial charge in [0.05, 0.1) is 43.8 Å². The van der Waals surface area contributed by atoms with Gasteiger partial charge in [-0.25, -0.2) is 4.98 Å². The Morgan fingerprint density at radius 1 is 1.00 bits per heavy atom. The summed E-state index contributed by atoms with van der Waals surface area (Å²) < 4.78 is 16.9. The molecule has 2 aromatic heterocycles. The minimum atomic E-state index is -0.207. The first-order valence-corrected chi connectivity index (χ1v) is 11.0. The van der Waals surface area contributed by atoms with E-state index in [1.54, 1.807) is 44.6 Å². The number of rotatable bonds is 8. The number of fused-ring (bicyclic) bond motifs is 1. The quantitative estimate of drug-likeness (QED) is 0.345. The molecule has 4 rings (SSSR count). The van der Waals surface area contributed by atoms with Crippen molar-refractivity contribution in [1.29, 1.82) is 0 Å². The van der Waals surface area contributed by atoms with E-state index in [1.807, 2.05) is 48.5 Å². The van der Waals surface area contributed by atoms with Crippen LogP contribution in [0.5, 0.6) is 17.2 Å². The van der Waals surface area contributed by atoms with Crippen LogP contribution < -0.4 is 19.1 Å². The van der Waals surface area contributed by atoms with Crippen molar-refractivity contribution < 1.29 is 19.0 Å². The molecule has 8 heteroatoms. The number of ether oxygens (including phenoxy) is 3. The third kappa shape index (κ3) is 5.12. The molecule has 1 amide bonds. The SMILES string of the molecule is COc1ccc2nc(N(Cc3ccccn3)C(=O)/C=C/c3ccc(OC)c(OC)c3)sc2c1. The minimum Gasteiger partial charge on any atom is -0.497 e. The van der Waals surface area contributed by atoms with Gasteiger partial charge in [-0.2, -0.15) is 0 Å². The Morgan fingerprint density at radius 3 is 2.58 bits per heavy atom. The van der Waals surface area contributed by atoms with Gasteiger partial charge in [0.15, 0.2) is 16.6 Å². The fourth-order valence-corrected chi connectivity index (χ4v) is 4.24. The van der Waals surface area contributed by atoms with Gasteiger partial charge in [-0.1, -0.05) is 23.5 Å². The maximum atomic E-state index is 13.3. The number of anilines is 1. The van der Waals surface area contributed by atoms with Crippen molar-refractivity contribution in [3.8, 4) is 17.2 Å². The molecule has 7 nitrogen and oxygen atoms in total. The smallest absolute Gasteiger partial charge is 0.253 e. The molecule has 0 aliphatic heterocycles. The number of nitrogens with zero attached hydrogens (tertiary/aromatic N) is 3. The van der Waals surface area contributed by atoms with Gasteiger partial charge in [0.25, 0.3) is 5.91 Å². The lowest BCUT2D eigenvalue weighted by Crippen LogP contribution is -2.29. The van der Waals surface area contributed by atoms with Gasteiger partial charge >= 0.3 is 0 Å². The third-order valence-electron chi connectivity index (χ3n) is 4.95. The number of amides is 1. The molecular weight excluding hydrogens is 438 g/mol. The van der Waals surface area contributed by atoms with E-state index in [0.29, 0.717) is 23.2 Å². The van der Waals surface area contributed by atoms with Gasteiger partial charge < -0.3 is 14.2 Å². The Balaban J connectivity index is 1.66. The highest BCUT2D eigenvalue weighted by molar-refractivity contribution is 7.22. The van der Waals surface area contributed by atoms with Crippen LogP contribution in [0.25, 0.3) is 16.3 Å². The number of hydrogen-bond donors (Lipinski definition) is 0. The molecule has 0 radical (unpaired) electrons. The molecule has 168 valence electrons. The van der Waals surface area contributed by atoms with Crippen LogP contribution in [-0.4, -0.2) is 37.2 Å². The number of hydrogen-bond acceptors (Lipinski definition) is 7. The van der Waals surface area contributed by atoms with Gasteiger partial charge in [-0.05, 0) is 54.1 Å². The first kappa shape index (κ1) is 22.3. The van der Waals surface area contributed by atoms with Gasteiger partial charge in [-0.3, -0.25) is 14.7 Å². The zero-order chi connectivity index (χ0) is 23.2. The first-order valence-electron chi connectivity index (χ1n) is 10.2. The average Bonchev–Trinajstić information content (AvgIpc) is 3.29. The zero-order valence-electron chi connectivity index (χ0n) is 18.5. The first-order chi connectivity index (χ1) is 16.1. The lowest BCUT2D eigenvalue weighted by molar-refractivity contribution is -0.114. The normalized spacial score (nSPS) is 11.0. The summed E-state index contributed by atoms with van der Waals surface area (Å²) in [4.78, 5) is 24.0. The van der Waals surface area contributed by atoms with Crippen LogP contribution in [0.1, 0.15) is 11.3 Å². The Kier molecular flexibility index (Phi) is 6.85. The van der Waals surface area contributed by atoms with Crippen molar-refractivity contribution in [2.24, 2.45) is 0 Å². The van der Waals surface area contributed by atoms with Crippen molar-refractivity contribution in [1.82, 2.24) is 9.97 Å². The second kappa shape index (κ2) is 10.1. The summed E-state index contributed by atoms with van der Waals surface area (Å²) in [6, 6.07) is 16.8. The Morgan fingerprint density at radius 2 is 1.85 bits per heavy atom. The minimum absolute atomic E-state index is 0.207. The summed E-state index contributed by atoms with van der Waals surface area (Å²) in [5.41, 5.74) is 2.38. The van der Waals surface area contributed by atoms with E-state index in [-0.39, 0.29) is 5.91 Å². The lowest BCUT2D eigenvalue weighted by atomic mass is 10.2. The fourth-order valence-electron chi connectivity index (χ4n) is 3.24. The maximum Gasteiger partial charge on any atom is 0.253 e. The van der Waals surface area contributed by atoms with Gasteiger partial charge in [-0.15, -0.1) is 0 Å². The average molecular weight is 462 g/mol. The van der Waals surface area contributed by atoms with Crippen LogP contribution in [0, 0.1) is 0 Å². The van der Waals surface area contributed by atoms with E-state index in [9.17, 15) is 4.79 Å². The summed E-state index contributed by atoms with van der Waals surface area (Å²) >= 11 is 1.43. The summed E-state index contributed by atoms with van der Waals surface area (Å²) in [6.45, 7) is 0.299. The van der Waals surface area contributed by atoms with Crippen LogP contribution in [-0.2, 0) is 11.3 Å². The highest BCUT2D eigenvalue weighted by Gasteiger charge is 2.19. The van der Waals surface area contributed by atoms with E-state index in [0.717, 1.165) is 27.2 Å². The molecule has 0 saturated heterocycles. The van der Waals surface area contributed by atoms with E-state index in [1.165, 1.54) is 17.4 Å². The van der Waals surface area contributed by atoms with E-state index in [2.05, 4.69) is 9.97 Å². The second-order valence-electron chi connectivity index (χ2n) is 7.02. The van der Waals surface area contributed by atoms with Crippen molar-refractivity contribution in [3.05, 3.63) is 78.1 Å². The molecule has 0 aliphatic carbocycles. The lowest BCUT2D eigenvalue weighted by Gasteiger charge is -2.17. The number of thiazole rings is 1. The number of pyridine rings is 1. The van der Waals surface area contributed by atoms with Crippen LogP contribution in [0.2, 0.25) is 0 Å².